The van der Waals surface area contributed by atoms with Crippen LogP contribution in [-0.4, -0.2) is 26.3 Å². The molecule has 0 saturated carbocycles. The lowest BCUT2D eigenvalue weighted by atomic mass is 9.90. The van der Waals surface area contributed by atoms with Crippen LogP contribution in [0.5, 0.6) is 0 Å². The van der Waals surface area contributed by atoms with Crippen molar-refractivity contribution in [3.05, 3.63) is 77.4 Å². The van der Waals surface area contributed by atoms with Crippen molar-refractivity contribution in [3.63, 3.8) is 0 Å². The number of nitrogens with zero attached hydrogens (tertiary/aromatic N) is 5. The highest BCUT2D eigenvalue weighted by molar-refractivity contribution is 6.03. The Balaban J connectivity index is 1.69. The Labute approximate surface area is 165 Å². The maximum absolute atomic E-state index is 13.0. The molecule has 3 N–H and O–H groups in total. The minimum atomic E-state index is -0.709. The third-order valence-electron chi connectivity index (χ3n) is 4.76. The van der Waals surface area contributed by atoms with Crippen LogP contribution in [0.15, 0.2) is 53.9 Å². The molecule has 2 aromatic heterocycles. The highest BCUT2D eigenvalue weighted by atomic mass is 19.1. The summed E-state index contributed by atoms with van der Waals surface area (Å²) in [5.41, 5.74) is 6.76. The Morgan fingerprint density at radius 3 is 2.90 bits per heavy atom. The van der Waals surface area contributed by atoms with Crippen LogP contribution < -0.4 is 11.1 Å². The van der Waals surface area contributed by atoms with Gasteiger partial charge in [-0.2, -0.15) is 5.26 Å². The Morgan fingerprint density at radius 2 is 2.17 bits per heavy atom. The van der Waals surface area contributed by atoms with Crippen molar-refractivity contribution in [2.45, 2.75) is 19.0 Å². The number of nitrogens with one attached hydrogen (secondary N) is 1. The average Bonchev–Trinajstić information content (AvgIpc) is 3.17. The number of fused-ring (bicyclic) bond motifs is 1. The number of anilines is 1. The number of hydrogen-bond acceptors (Lipinski definition) is 6. The first kappa shape index (κ1) is 18.3. The second-order valence-electron chi connectivity index (χ2n) is 6.84. The maximum atomic E-state index is 13.0. The predicted molar refractivity (Wildman–Crippen MR) is 104 cm³/mol. The molecule has 8 nitrogen and oxygen atoms in total. The molecular formula is C20H16FN7O. The number of nitriles is 1. The maximum Gasteiger partial charge on any atom is 0.274 e. The summed E-state index contributed by atoms with van der Waals surface area (Å²) in [6.07, 6.45) is 4.44. The SMILES string of the molecule is CC1(c2ccc(C#N)c(NC(=O)c3ccc(F)cn3)c2)Cn2ccnc2C(N)=N1. The van der Waals surface area contributed by atoms with Crippen LogP contribution in [0.3, 0.4) is 0 Å². The number of aliphatic imine (C=N–C) groups is 1. The second-order valence-corrected chi connectivity index (χ2v) is 6.84. The van der Waals surface area contributed by atoms with Gasteiger partial charge in [0.2, 0.25) is 0 Å². The number of hydrogen-bond donors (Lipinski definition) is 2. The monoisotopic (exact) mass is 389 g/mol. The number of rotatable bonds is 3. The summed E-state index contributed by atoms with van der Waals surface area (Å²) in [6.45, 7) is 2.42. The second kappa shape index (κ2) is 6.83. The highest BCUT2D eigenvalue weighted by Gasteiger charge is 2.33. The zero-order valence-electron chi connectivity index (χ0n) is 15.4. The Hall–Kier alpha value is -4.06. The molecule has 1 amide bonds. The van der Waals surface area contributed by atoms with E-state index in [1.54, 1.807) is 24.4 Å². The third kappa shape index (κ3) is 3.32. The fraction of sp³-hybridized carbons (Fsp3) is 0.150. The standard InChI is InChI=1S/C20H16FN7O/c1-20(11-28-7-6-24-18(28)17(23)27-20)13-3-2-12(9-22)16(8-13)26-19(29)15-5-4-14(21)10-25-15/h2-8,10H,11H2,1H3,(H2,23,27)(H,26,29). The van der Waals surface area contributed by atoms with Crippen molar-refractivity contribution in [3.8, 4) is 6.07 Å². The first-order chi connectivity index (χ1) is 13.9. The summed E-state index contributed by atoms with van der Waals surface area (Å²) in [5.74, 6) is -0.172. The lowest BCUT2D eigenvalue weighted by Crippen LogP contribution is -2.37. The Kier molecular flexibility index (Phi) is 4.31. The van der Waals surface area contributed by atoms with Gasteiger partial charge in [0.1, 0.15) is 23.1 Å². The number of benzene rings is 1. The molecule has 0 saturated heterocycles. The van der Waals surface area contributed by atoms with Gasteiger partial charge in [0.05, 0.1) is 24.0 Å². The topological polar surface area (TPSA) is 122 Å². The van der Waals surface area contributed by atoms with Gasteiger partial charge in [-0.25, -0.2) is 14.4 Å². The normalized spacial score (nSPS) is 17.8. The molecule has 1 unspecified atom stereocenters. The number of amidine groups is 1. The molecule has 1 aromatic carbocycles. The number of pyridine rings is 1. The van der Waals surface area contributed by atoms with Crippen LogP contribution in [-0.2, 0) is 12.1 Å². The number of nitrogens with two attached hydrogens (primary N) is 1. The van der Waals surface area contributed by atoms with Crippen LogP contribution >= 0.6 is 0 Å². The van der Waals surface area contributed by atoms with Crippen molar-refractivity contribution in [2.75, 3.05) is 5.32 Å². The summed E-state index contributed by atoms with van der Waals surface area (Å²) in [4.78, 5) is 25.0. The van der Waals surface area contributed by atoms with E-state index in [0.717, 1.165) is 17.8 Å². The average molecular weight is 389 g/mol. The number of halogens is 1. The highest BCUT2D eigenvalue weighted by Crippen LogP contribution is 2.33. The van der Waals surface area contributed by atoms with E-state index in [2.05, 4.69) is 26.3 Å². The van der Waals surface area contributed by atoms with Crippen molar-refractivity contribution in [1.29, 1.82) is 5.26 Å². The van der Waals surface area contributed by atoms with Crippen molar-refractivity contribution in [1.82, 2.24) is 14.5 Å². The first-order valence-electron chi connectivity index (χ1n) is 8.74. The molecule has 1 atom stereocenters. The summed E-state index contributed by atoms with van der Waals surface area (Å²) in [7, 11) is 0. The molecule has 0 fully saturated rings. The van der Waals surface area contributed by atoms with Crippen LogP contribution in [0.4, 0.5) is 10.1 Å². The number of carbonyl (C=O) groups is 1. The quantitative estimate of drug-likeness (QED) is 0.711. The minimum Gasteiger partial charge on any atom is -0.381 e. The largest absolute Gasteiger partial charge is 0.381 e. The number of carbonyl (C=O) groups excluding carboxylic acids is 1. The molecule has 0 aliphatic carbocycles. The molecule has 1 aliphatic rings. The van der Waals surface area contributed by atoms with E-state index in [1.165, 1.54) is 6.07 Å². The fourth-order valence-corrected chi connectivity index (χ4v) is 3.29. The van der Waals surface area contributed by atoms with Crippen molar-refractivity contribution >= 4 is 17.4 Å². The molecular weight excluding hydrogens is 373 g/mol. The molecule has 3 heterocycles. The molecule has 1 aliphatic heterocycles. The van der Waals surface area contributed by atoms with Gasteiger partial charge in [-0.3, -0.25) is 9.79 Å². The van der Waals surface area contributed by atoms with E-state index in [1.807, 2.05) is 17.7 Å². The molecule has 4 rings (SSSR count). The van der Waals surface area contributed by atoms with E-state index < -0.39 is 17.3 Å². The number of aromatic nitrogens is 3. The summed E-state index contributed by atoms with van der Waals surface area (Å²) >= 11 is 0. The first-order valence-corrected chi connectivity index (χ1v) is 8.74. The number of amides is 1. The van der Waals surface area contributed by atoms with Crippen LogP contribution in [0, 0.1) is 17.1 Å². The Morgan fingerprint density at radius 1 is 1.34 bits per heavy atom. The van der Waals surface area contributed by atoms with Gasteiger partial charge in [0.15, 0.2) is 11.7 Å². The van der Waals surface area contributed by atoms with Crippen LogP contribution in [0.1, 0.15) is 34.4 Å². The summed E-state index contributed by atoms with van der Waals surface area (Å²) in [5, 5.41) is 12.1. The molecule has 0 radical (unpaired) electrons. The van der Waals surface area contributed by atoms with Gasteiger partial charge in [-0.15, -0.1) is 0 Å². The molecule has 144 valence electrons. The number of imidazole rings is 1. The zero-order chi connectivity index (χ0) is 20.6. The van der Waals surface area contributed by atoms with E-state index in [9.17, 15) is 14.4 Å². The molecule has 0 bridgehead atoms. The zero-order valence-corrected chi connectivity index (χ0v) is 15.4. The molecule has 29 heavy (non-hydrogen) atoms. The van der Waals surface area contributed by atoms with E-state index >= 15 is 0 Å². The predicted octanol–water partition coefficient (Wildman–Crippen LogP) is 2.18. The summed E-state index contributed by atoms with van der Waals surface area (Å²) < 4.78 is 14.9. The van der Waals surface area contributed by atoms with Gasteiger partial charge >= 0.3 is 0 Å². The summed E-state index contributed by atoms with van der Waals surface area (Å²) in [6, 6.07) is 9.56. The van der Waals surface area contributed by atoms with Gasteiger partial charge < -0.3 is 15.6 Å². The Bertz CT molecular complexity index is 1180. The van der Waals surface area contributed by atoms with Crippen molar-refractivity contribution in [2.24, 2.45) is 10.7 Å². The fourth-order valence-electron chi connectivity index (χ4n) is 3.29. The lowest BCUT2D eigenvalue weighted by molar-refractivity contribution is 0.102. The van der Waals surface area contributed by atoms with E-state index in [0.29, 0.717) is 23.9 Å². The lowest BCUT2D eigenvalue weighted by Gasteiger charge is -2.31. The van der Waals surface area contributed by atoms with E-state index in [4.69, 9.17) is 5.73 Å². The smallest absolute Gasteiger partial charge is 0.274 e. The van der Waals surface area contributed by atoms with Crippen molar-refractivity contribution < 1.29 is 9.18 Å². The molecule has 0 spiro atoms. The third-order valence-corrected chi connectivity index (χ3v) is 4.76. The molecule has 3 aromatic rings. The van der Waals surface area contributed by atoms with Gasteiger partial charge in [0, 0.05) is 12.4 Å². The van der Waals surface area contributed by atoms with Crippen LogP contribution in [0.25, 0.3) is 0 Å². The van der Waals surface area contributed by atoms with Gasteiger partial charge in [-0.1, -0.05) is 6.07 Å². The van der Waals surface area contributed by atoms with E-state index in [-0.39, 0.29) is 11.3 Å². The van der Waals surface area contributed by atoms with Crippen LogP contribution in [0.2, 0.25) is 0 Å². The van der Waals surface area contributed by atoms with Gasteiger partial charge in [0.25, 0.3) is 5.91 Å². The minimum absolute atomic E-state index is 0.0369. The van der Waals surface area contributed by atoms with Gasteiger partial charge in [-0.05, 0) is 36.8 Å². The molecule has 9 heteroatoms.